The maximum atomic E-state index is 12.1. The molecule has 0 bridgehead atoms. The standard InChI is InChI=1S/C19H30ClN7O3S/c1-19(2)13-25(7-8-27(19)31(4,28)29)6-5-14-21-15-16(24(14)3)22-18(20)23-17(15)26-9-11-30-12-10-26/h5-13H2,1-4H3. The number of hydrogen-bond acceptors (Lipinski definition) is 8. The summed E-state index contributed by atoms with van der Waals surface area (Å²) in [5.41, 5.74) is 1.03. The number of morpholine rings is 1. The van der Waals surface area contributed by atoms with Crippen LogP contribution in [-0.2, 0) is 28.2 Å². The molecule has 4 heterocycles. The van der Waals surface area contributed by atoms with E-state index in [1.807, 2.05) is 25.5 Å². The van der Waals surface area contributed by atoms with Crippen molar-refractivity contribution in [2.75, 3.05) is 63.6 Å². The van der Waals surface area contributed by atoms with Crippen molar-refractivity contribution in [2.45, 2.75) is 25.8 Å². The van der Waals surface area contributed by atoms with Crippen molar-refractivity contribution in [2.24, 2.45) is 7.05 Å². The fraction of sp³-hybridized carbons (Fsp3) is 0.737. The molecule has 2 aromatic rings. The number of rotatable bonds is 5. The van der Waals surface area contributed by atoms with E-state index in [4.69, 9.17) is 21.3 Å². The lowest BCUT2D eigenvalue weighted by atomic mass is 10.0. The van der Waals surface area contributed by atoms with Gasteiger partial charge in [-0.15, -0.1) is 0 Å². The molecule has 2 saturated heterocycles. The number of imidazole rings is 1. The minimum absolute atomic E-state index is 0.210. The first kappa shape index (κ1) is 22.7. The Morgan fingerprint density at radius 2 is 1.81 bits per heavy atom. The first-order valence-electron chi connectivity index (χ1n) is 10.5. The van der Waals surface area contributed by atoms with Gasteiger partial charge in [0.2, 0.25) is 15.3 Å². The van der Waals surface area contributed by atoms with Gasteiger partial charge in [0.25, 0.3) is 0 Å². The Labute approximate surface area is 188 Å². The number of ether oxygens (including phenoxy) is 1. The molecule has 172 valence electrons. The molecule has 0 spiro atoms. The summed E-state index contributed by atoms with van der Waals surface area (Å²) in [6.07, 6.45) is 2.00. The Balaban J connectivity index is 1.53. The Morgan fingerprint density at radius 3 is 2.45 bits per heavy atom. The summed E-state index contributed by atoms with van der Waals surface area (Å²) in [5.74, 6) is 1.66. The van der Waals surface area contributed by atoms with Crippen LogP contribution in [0.5, 0.6) is 0 Å². The third-order valence-electron chi connectivity index (χ3n) is 6.03. The van der Waals surface area contributed by atoms with E-state index in [2.05, 4.69) is 19.8 Å². The van der Waals surface area contributed by atoms with E-state index in [1.54, 1.807) is 4.31 Å². The third-order valence-corrected chi connectivity index (χ3v) is 7.68. The van der Waals surface area contributed by atoms with E-state index >= 15 is 0 Å². The number of anilines is 1. The molecule has 2 aliphatic heterocycles. The summed E-state index contributed by atoms with van der Waals surface area (Å²) in [4.78, 5) is 18.2. The second-order valence-electron chi connectivity index (χ2n) is 8.85. The monoisotopic (exact) mass is 471 g/mol. The van der Waals surface area contributed by atoms with Crippen LogP contribution in [0.2, 0.25) is 5.28 Å². The van der Waals surface area contributed by atoms with Gasteiger partial charge >= 0.3 is 0 Å². The predicted molar refractivity (Wildman–Crippen MR) is 120 cm³/mol. The number of piperazine rings is 1. The van der Waals surface area contributed by atoms with E-state index < -0.39 is 15.6 Å². The molecule has 0 saturated carbocycles. The van der Waals surface area contributed by atoms with E-state index in [1.165, 1.54) is 6.26 Å². The Kier molecular flexibility index (Phi) is 6.16. The smallest absolute Gasteiger partial charge is 0.226 e. The highest BCUT2D eigenvalue weighted by atomic mass is 35.5. The van der Waals surface area contributed by atoms with Crippen molar-refractivity contribution in [3.05, 3.63) is 11.1 Å². The van der Waals surface area contributed by atoms with Crippen molar-refractivity contribution in [3.8, 4) is 0 Å². The largest absolute Gasteiger partial charge is 0.378 e. The maximum Gasteiger partial charge on any atom is 0.226 e. The van der Waals surface area contributed by atoms with E-state index in [9.17, 15) is 8.42 Å². The van der Waals surface area contributed by atoms with Gasteiger partial charge in [-0.3, -0.25) is 4.90 Å². The molecule has 0 unspecified atom stereocenters. The van der Waals surface area contributed by atoms with E-state index in [0.717, 1.165) is 48.9 Å². The third kappa shape index (κ3) is 4.65. The number of hydrogen-bond donors (Lipinski definition) is 0. The van der Waals surface area contributed by atoms with E-state index in [-0.39, 0.29) is 5.28 Å². The van der Waals surface area contributed by atoms with E-state index in [0.29, 0.717) is 32.8 Å². The summed E-state index contributed by atoms with van der Waals surface area (Å²) in [5, 5.41) is 0.210. The average Bonchev–Trinajstić information content (AvgIpc) is 3.00. The zero-order valence-corrected chi connectivity index (χ0v) is 20.1. The fourth-order valence-electron chi connectivity index (χ4n) is 4.59. The van der Waals surface area contributed by atoms with Gasteiger partial charge in [-0.2, -0.15) is 14.3 Å². The molecule has 4 rings (SSSR count). The molecular formula is C19H30ClN7O3S. The van der Waals surface area contributed by atoms with Gasteiger partial charge in [0.1, 0.15) is 5.82 Å². The molecule has 2 fully saturated rings. The molecule has 12 heteroatoms. The van der Waals surface area contributed by atoms with Crippen molar-refractivity contribution in [1.82, 2.24) is 28.7 Å². The highest BCUT2D eigenvalue weighted by molar-refractivity contribution is 7.88. The minimum Gasteiger partial charge on any atom is -0.378 e. The summed E-state index contributed by atoms with van der Waals surface area (Å²) >= 11 is 6.22. The Morgan fingerprint density at radius 1 is 1.10 bits per heavy atom. The minimum atomic E-state index is -3.22. The molecule has 2 aliphatic rings. The number of halogens is 1. The molecule has 0 atom stereocenters. The predicted octanol–water partition coefficient (Wildman–Crippen LogP) is 0.752. The van der Waals surface area contributed by atoms with Crippen LogP contribution in [0, 0.1) is 0 Å². The molecular weight excluding hydrogens is 442 g/mol. The van der Waals surface area contributed by atoms with Gasteiger partial charge in [-0.05, 0) is 25.4 Å². The van der Waals surface area contributed by atoms with Crippen LogP contribution >= 0.6 is 11.6 Å². The van der Waals surface area contributed by atoms with Crippen LogP contribution < -0.4 is 4.90 Å². The van der Waals surface area contributed by atoms with Crippen LogP contribution in [0.3, 0.4) is 0 Å². The van der Waals surface area contributed by atoms with Crippen molar-refractivity contribution in [1.29, 1.82) is 0 Å². The Hall–Kier alpha value is -1.53. The zero-order chi connectivity index (χ0) is 22.4. The average molecular weight is 472 g/mol. The van der Waals surface area contributed by atoms with Gasteiger partial charge in [-0.1, -0.05) is 0 Å². The molecule has 0 N–H and O–H groups in total. The van der Waals surface area contributed by atoms with Crippen molar-refractivity contribution in [3.63, 3.8) is 0 Å². The summed E-state index contributed by atoms with van der Waals surface area (Å²) in [6.45, 7) is 9.39. The van der Waals surface area contributed by atoms with Crippen molar-refractivity contribution < 1.29 is 13.2 Å². The first-order chi connectivity index (χ1) is 14.6. The number of sulfonamides is 1. The van der Waals surface area contributed by atoms with Gasteiger partial charge in [0.15, 0.2) is 17.0 Å². The van der Waals surface area contributed by atoms with Crippen LogP contribution in [0.15, 0.2) is 0 Å². The number of fused-ring (bicyclic) bond motifs is 1. The SMILES string of the molecule is Cn1c(CCN2CCN(S(C)(=O)=O)C(C)(C)C2)nc2c(N3CCOCC3)nc(Cl)nc21. The fourth-order valence-corrected chi connectivity index (χ4v) is 6.12. The van der Waals surface area contributed by atoms with Gasteiger partial charge in [0.05, 0.1) is 19.5 Å². The normalized spacial score (nSPS) is 21.1. The van der Waals surface area contributed by atoms with Crippen LogP contribution in [0.4, 0.5) is 5.82 Å². The summed E-state index contributed by atoms with van der Waals surface area (Å²) in [6, 6.07) is 0. The Bertz CT molecular complexity index is 1070. The van der Waals surface area contributed by atoms with Crippen molar-refractivity contribution >= 4 is 38.6 Å². The van der Waals surface area contributed by atoms with Crippen LogP contribution in [0.25, 0.3) is 11.2 Å². The van der Waals surface area contributed by atoms with Crippen LogP contribution in [-0.4, -0.2) is 101 Å². The quantitative estimate of drug-likeness (QED) is 0.589. The topological polar surface area (TPSA) is 96.7 Å². The maximum absolute atomic E-state index is 12.1. The van der Waals surface area contributed by atoms with Crippen LogP contribution in [0.1, 0.15) is 19.7 Å². The molecule has 2 aromatic heterocycles. The first-order valence-corrected chi connectivity index (χ1v) is 12.7. The second-order valence-corrected chi connectivity index (χ2v) is 11.1. The lowest BCUT2D eigenvalue weighted by Gasteiger charge is -2.45. The second kappa shape index (κ2) is 8.43. The molecule has 10 nitrogen and oxygen atoms in total. The molecule has 31 heavy (non-hydrogen) atoms. The number of aryl methyl sites for hydroxylation is 1. The lowest BCUT2D eigenvalue weighted by Crippen LogP contribution is -2.60. The highest BCUT2D eigenvalue weighted by Gasteiger charge is 2.38. The molecule has 0 aliphatic carbocycles. The summed E-state index contributed by atoms with van der Waals surface area (Å²) < 4.78 is 33.2. The molecule has 0 radical (unpaired) electrons. The number of aromatic nitrogens is 4. The summed E-state index contributed by atoms with van der Waals surface area (Å²) in [7, 11) is -1.27. The van der Waals surface area contributed by atoms with Gasteiger partial charge < -0.3 is 14.2 Å². The molecule has 0 amide bonds. The van der Waals surface area contributed by atoms with Gasteiger partial charge in [-0.25, -0.2) is 13.4 Å². The lowest BCUT2D eigenvalue weighted by molar-refractivity contribution is 0.0824. The van der Waals surface area contributed by atoms with Gasteiger partial charge in [0, 0.05) is 58.3 Å². The number of nitrogens with zero attached hydrogens (tertiary/aromatic N) is 7. The highest BCUT2D eigenvalue weighted by Crippen LogP contribution is 2.27. The zero-order valence-electron chi connectivity index (χ0n) is 18.5. The molecule has 0 aromatic carbocycles.